The Morgan fingerprint density at radius 3 is 3.00 bits per heavy atom. The highest BCUT2D eigenvalue weighted by Gasteiger charge is 2.32. The van der Waals surface area contributed by atoms with Crippen molar-refractivity contribution in [3.8, 4) is 5.88 Å². The first-order valence-electron chi connectivity index (χ1n) is 4.86. The van der Waals surface area contributed by atoms with Gasteiger partial charge in [0.2, 0.25) is 5.88 Å². The molecule has 0 saturated carbocycles. The van der Waals surface area contributed by atoms with Crippen LogP contribution in [-0.4, -0.2) is 35.1 Å². The van der Waals surface area contributed by atoms with Gasteiger partial charge in [0, 0.05) is 12.4 Å². The van der Waals surface area contributed by atoms with E-state index in [0.29, 0.717) is 19.1 Å². The molecule has 1 aliphatic rings. The van der Waals surface area contributed by atoms with Crippen molar-refractivity contribution in [2.45, 2.75) is 25.7 Å². The topological polar surface area (TPSA) is 53.5 Å². The molecule has 1 aromatic rings. The molecule has 0 aromatic carbocycles. The zero-order valence-electron chi connectivity index (χ0n) is 8.84. The molecule has 0 aliphatic carbocycles. The Kier molecular flexibility index (Phi) is 2.83. The van der Waals surface area contributed by atoms with Crippen LogP contribution in [0, 0.1) is 0 Å². The summed E-state index contributed by atoms with van der Waals surface area (Å²) in [5.74, 6) is 0.00180. The lowest BCUT2D eigenvalue weighted by atomic mass is 10.4. The standard InChI is InChI=1S/C10H14N2O3/c1-10(2)14-7-8(15-10)6-13-9-5-11-3-4-12-9/h3-5,8H,6-7H2,1-2H3/t8-/m0/s1. The number of rotatable bonds is 3. The van der Waals surface area contributed by atoms with Crippen molar-refractivity contribution in [1.29, 1.82) is 0 Å². The van der Waals surface area contributed by atoms with Gasteiger partial charge in [0.15, 0.2) is 5.79 Å². The molecular formula is C10H14N2O3. The third-order valence-electron chi connectivity index (χ3n) is 2.02. The SMILES string of the molecule is CC1(C)OC[C@H](COc2cnccn2)O1. The average Bonchev–Trinajstić information content (AvgIpc) is 2.57. The summed E-state index contributed by atoms with van der Waals surface area (Å²) in [5, 5.41) is 0. The van der Waals surface area contributed by atoms with Gasteiger partial charge >= 0.3 is 0 Å². The second kappa shape index (κ2) is 4.12. The molecule has 1 fully saturated rings. The quantitative estimate of drug-likeness (QED) is 0.745. The van der Waals surface area contributed by atoms with Crippen LogP contribution in [0.3, 0.4) is 0 Å². The summed E-state index contributed by atoms with van der Waals surface area (Å²) >= 11 is 0. The third kappa shape index (κ3) is 2.87. The van der Waals surface area contributed by atoms with E-state index in [1.165, 1.54) is 0 Å². The smallest absolute Gasteiger partial charge is 0.232 e. The Bertz CT molecular complexity index is 316. The summed E-state index contributed by atoms with van der Waals surface area (Å²) in [6.07, 6.45) is 4.72. The highest BCUT2D eigenvalue weighted by molar-refractivity contribution is 5.01. The predicted molar refractivity (Wildman–Crippen MR) is 52.4 cm³/mol. The summed E-state index contributed by atoms with van der Waals surface area (Å²) in [5.41, 5.74) is 0. The van der Waals surface area contributed by atoms with Crippen LogP contribution in [0.5, 0.6) is 5.88 Å². The van der Waals surface area contributed by atoms with E-state index in [1.807, 2.05) is 13.8 Å². The number of ether oxygens (including phenoxy) is 3. The lowest BCUT2D eigenvalue weighted by Crippen LogP contribution is -2.25. The van der Waals surface area contributed by atoms with Crippen LogP contribution < -0.4 is 4.74 Å². The molecule has 1 atom stereocenters. The molecule has 5 nitrogen and oxygen atoms in total. The van der Waals surface area contributed by atoms with Gasteiger partial charge in [0.25, 0.3) is 0 Å². The molecular weight excluding hydrogens is 196 g/mol. The van der Waals surface area contributed by atoms with E-state index in [4.69, 9.17) is 14.2 Å². The van der Waals surface area contributed by atoms with Crippen molar-refractivity contribution in [2.24, 2.45) is 0 Å². The molecule has 5 heteroatoms. The Morgan fingerprint density at radius 1 is 1.53 bits per heavy atom. The molecule has 0 amide bonds. The highest BCUT2D eigenvalue weighted by Crippen LogP contribution is 2.22. The maximum Gasteiger partial charge on any atom is 0.232 e. The predicted octanol–water partition coefficient (Wildman–Crippen LogP) is 1.01. The molecule has 82 valence electrons. The van der Waals surface area contributed by atoms with E-state index in [-0.39, 0.29) is 6.10 Å². The van der Waals surface area contributed by atoms with E-state index >= 15 is 0 Å². The molecule has 0 unspecified atom stereocenters. The molecule has 0 spiro atoms. The molecule has 1 aromatic heterocycles. The van der Waals surface area contributed by atoms with Gasteiger partial charge in [-0.3, -0.25) is 4.98 Å². The summed E-state index contributed by atoms with van der Waals surface area (Å²) < 4.78 is 16.4. The number of nitrogens with zero attached hydrogens (tertiary/aromatic N) is 2. The Balaban J connectivity index is 1.80. The first-order chi connectivity index (χ1) is 7.16. The molecule has 2 rings (SSSR count). The molecule has 15 heavy (non-hydrogen) atoms. The molecule has 0 bridgehead atoms. The van der Waals surface area contributed by atoms with Gasteiger partial charge in [-0.05, 0) is 13.8 Å². The molecule has 0 radical (unpaired) electrons. The van der Waals surface area contributed by atoms with E-state index in [1.54, 1.807) is 18.6 Å². The van der Waals surface area contributed by atoms with Crippen molar-refractivity contribution in [3.63, 3.8) is 0 Å². The molecule has 2 heterocycles. The van der Waals surface area contributed by atoms with E-state index < -0.39 is 5.79 Å². The Morgan fingerprint density at radius 2 is 2.40 bits per heavy atom. The van der Waals surface area contributed by atoms with Crippen molar-refractivity contribution < 1.29 is 14.2 Å². The van der Waals surface area contributed by atoms with Gasteiger partial charge in [-0.25, -0.2) is 4.98 Å². The van der Waals surface area contributed by atoms with Crippen LogP contribution in [-0.2, 0) is 9.47 Å². The van der Waals surface area contributed by atoms with Gasteiger partial charge in [-0.2, -0.15) is 0 Å². The molecule has 1 saturated heterocycles. The third-order valence-corrected chi connectivity index (χ3v) is 2.02. The van der Waals surface area contributed by atoms with E-state index in [0.717, 1.165) is 0 Å². The van der Waals surface area contributed by atoms with Crippen molar-refractivity contribution in [1.82, 2.24) is 9.97 Å². The zero-order chi connectivity index (χ0) is 10.7. The van der Waals surface area contributed by atoms with Crippen molar-refractivity contribution in [3.05, 3.63) is 18.6 Å². The normalized spacial score (nSPS) is 24.0. The van der Waals surface area contributed by atoms with E-state index in [2.05, 4.69) is 9.97 Å². The van der Waals surface area contributed by atoms with Gasteiger partial charge in [-0.1, -0.05) is 0 Å². The summed E-state index contributed by atoms with van der Waals surface area (Å²) in [6, 6.07) is 0. The van der Waals surface area contributed by atoms with E-state index in [9.17, 15) is 0 Å². The van der Waals surface area contributed by atoms with Crippen LogP contribution in [0.2, 0.25) is 0 Å². The minimum atomic E-state index is -0.504. The summed E-state index contributed by atoms with van der Waals surface area (Å²) in [7, 11) is 0. The lowest BCUT2D eigenvalue weighted by Gasteiger charge is -2.16. The highest BCUT2D eigenvalue weighted by atomic mass is 16.7. The first-order valence-corrected chi connectivity index (χ1v) is 4.86. The minimum absolute atomic E-state index is 0.0398. The zero-order valence-corrected chi connectivity index (χ0v) is 8.84. The fourth-order valence-corrected chi connectivity index (χ4v) is 1.38. The molecule has 1 aliphatic heterocycles. The largest absolute Gasteiger partial charge is 0.474 e. The minimum Gasteiger partial charge on any atom is -0.474 e. The monoisotopic (exact) mass is 210 g/mol. The van der Waals surface area contributed by atoms with Crippen LogP contribution in [0.4, 0.5) is 0 Å². The number of hydrogen-bond acceptors (Lipinski definition) is 5. The van der Waals surface area contributed by atoms with Crippen molar-refractivity contribution in [2.75, 3.05) is 13.2 Å². The van der Waals surface area contributed by atoms with Crippen LogP contribution in [0.1, 0.15) is 13.8 Å². The molecule has 0 N–H and O–H groups in total. The van der Waals surface area contributed by atoms with Gasteiger partial charge < -0.3 is 14.2 Å². The fraction of sp³-hybridized carbons (Fsp3) is 0.600. The maximum atomic E-state index is 5.58. The first kappa shape index (κ1) is 10.3. The van der Waals surface area contributed by atoms with Gasteiger partial charge in [0.1, 0.15) is 12.7 Å². The maximum absolute atomic E-state index is 5.58. The van der Waals surface area contributed by atoms with Crippen LogP contribution >= 0.6 is 0 Å². The summed E-state index contributed by atoms with van der Waals surface area (Å²) in [4.78, 5) is 7.89. The number of aromatic nitrogens is 2. The van der Waals surface area contributed by atoms with Crippen molar-refractivity contribution >= 4 is 0 Å². The lowest BCUT2D eigenvalue weighted by molar-refractivity contribution is -0.141. The number of hydrogen-bond donors (Lipinski definition) is 0. The van der Waals surface area contributed by atoms with Gasteiger partial charge in [-0.15, -0.1) is 0 Å². The second-order valence-corrected chi connectivity index (χ2v) is 3.81. The second-order valence-electron chi connectivity index (χ2n) is 3.81. The average molecular weight is 210 g/mol. The Labute approximate surface area is 88.4 Å². The van der Waals surface area contributed by atoms with Crippen LogP contribution in [0.25, 0.3) is 0 Å². The fourth-order valence-electron chi connectivity index (χ4n) is 1.38. The Hall–Kier alpha value is -1.20. The van der Waals surface area contributed by atoms with Gasteiger partial charge in [0.05, 0.1) is 12.8 Å². The van der Waals surface area contributed by atoms with Crippen LogP contribution in [0.15, 0.2) is 18.6 Å². The summed E-state index contributed by atoms with van der Waals surface area (Å²) in [6.45, 7) is 4.75.